The molecule has 3 aromatic carbocycles. The first-order chi connectivity index (χ1) is 12.9. The van der Waals surface area contributed by atoms with Crippen molar-refractivity contribution in [2.45, 2.75) is 4.90 Å². The number of hydrogen-bond acceptors (Lipinski definition) is 4. The quantitative estimate of drug-likeness (QED) is 0.528. The maximum absolute atomic E-state index is 12.9. The molecule has 0 aromatic heterocycles. The van der Waals surface area contributed by atoms with E-state index in [9.17, 15) is 8.42 Å². The summed E-state index contributed by atoms with van der Waals surface area (Å²) in [6.45, 7) is 0. The van der Waals surface area contributed by atoms with Crippen molar-refractivity contribution < 1.29 is 17.9 Å². The molecule has 0 unspecified atom stereocenters. The van der Waals surface area contributed by atoms with E-state index in [4.69, 9.17) is 9.47 Å². The van der Waals surface area contributed by atoms with Crippen LogP contribution in [0.2, 0.25) is 0 Å². The highest BCUT2D eigenvalue weighted by Gasteiger charge is 2.22. The molecule has 3 aromatic rings. The predicted octanol–water partition coefficient (Wildman–Crippen LogP) is 5.08. The van der Waals surface area contributed by atoms with Crippen molar-refractivity contribution in [3.8, 4) is 17.2 Å². The van der Waals surface area contributed by atoms with Crippen LogP contribution in [0.3, 0.4) is 0 Å². The highest BCUT2D eigenvalue weighted by Crippen LogP contribution is 2.31. The first-order valence-corrected chi connectivity index (χ1v) is 10.3. The number of rotatable bonds is 6. The van der Waals surface area contributed by atoms with Crippen molar-refractivity contribution in [1.82, 2.24) is 0 Å². The molecule has 0 saturated carbocycles. The summed E-state index contributed by atoms with van der Waals surface area (Å²) in [6, 6.07) is 20.9. The van der Waals surface area contributed by atoms with Gasteiger partial charge in [0.1, 0.15) is 17.2 Å². The Kier molecular flexibility index (Phi) is 5.72. The van der Waals surface area contributed by atoms with Gasteiger partial charge in [-0.2, -0.15) is 0 Å². The smallest absolute Gasteiger partial charge is 0.264 e. The molecule has 7 heteroatoms. The van der Waals surface area contributed by atoms with Gasteiger partial charge in [0.15, 0.2) is 0 Å². The molecule has 140 valence electrons. The zero-order chi connectivity index (χ0) is 19.4. The van der Waals surface area contributed by atoms with E-state index in [1.165, 1.54) is 30.6 Å². The number of halogens is 1. The molecule has 0 aliphatic carbocycles. The van der Waals surface area contributed by atoms with Crippen LogP contribution in [-0.2, 0) is 10.0 Å². The number of ether oxygens (including phenoxy) is 2. The Morgan fingerprint density at radius 2 is 1.52 bits per heavy atom. The molecule has 0 aliphatic heterocycles. The third-order valence-corrected chi connectivity index (χ3v) is 6.36. The number of anilines is 1. The van der Waals surface area contributed by atoms with Crippen LogP contribution in [0, 0.1) is 0 Å². The van der Waals surface area contributed by atoms with Gasteiger partial charge in [0.2, 0.25) is 0 Å². The molecule has 0 heterocycles. The van der Waals surface area contributed by atoms with E-state index in [0.29, 0.717) is 27.4 Å². The molecule has 0 amide bonds. The van der Waals surface area contributed by atoms with E-state index in [1.807, 2.05) is 30.3 Å². The average molecular weight is 448 g/mol. The maximum Gasteiger partial charge on any atom is 0.264 e. The summed E-state index contributed by atoms with van der Waals surface area (Å²) in [5, 5.41) is 0. The molecule has 0 bridgehead atoms. The van der Waals surface area contributed by atoms with Gasteiger partial charge in [-0.15, -0.1) is 0 Å². The second kappa shape index (κ2) is 8.02. The van der Waals surface area contributed by atoms with Crippen LogP contribution in [0.15, 0.2) is 82.2 Å². The monoisotopic (exact) mass is 447 g/mol. The van der Waals surface area contributed by atoms with Gasteiger partial charge in [0.25, 0.3) is 10.0 Å². The number of hydrogen-bond donors (Lipinski definition) is 0. The Hall–Kier alpha value is -2.51. The molecule has 0 saturated heterocycles. The molecule has 0 spiro atoms. The Morgan fingerprint density at radius 1 is 0.889 bits per heavy atom. The summed E-state index contributed by atoms with van der Waals surface area (Å²) in [7, 11) is -0.663. The van der Waals surface area contributed by atoms with Gasteiger partial charge >= 0.3 is 0 Å². The van der Waals surface area contributed by atoms with Gasteiger partial charge < -0.3 is 9.47 Å². The van der Waals surface area contributed by atoms with Crippen LogP contribution >= 0.6 is 15.9 Å². The molecular weight excluding hydrogens is 430 g/mol. The molecule has 0 fully saturated rings. The van der Waals surface area contributed by atoms with E-state index in [2.05, 4.69) is 15.9 Å². The third-order valence-electron chi connectivity index (χ3n) is 3.96. The molecule has 0 radical (unpaired) electrons. The summed E-state index contributed by atoms with van der Waals surface area (Å²) in [6.07, 6.45) is 0. The van der Waals surface area contributed by atoms with Crippen LogP contribution < -0.4 is 13.8 Å². The standard InChI is InChI=1S/C20H18BrNO4S/c1-22(27(23,24)18-12-13-20(25-2)19(21)14-18)15-8-10-17(11-9-15)26-16-6-4-3-5-7-16/h3-14H,1-2H3. The lowest BCUT2D eigenvalue weighted by molar-refractivity contribution is 0.411. The number of sulfonamides is 1. The fourth-order valence-corrected chi connectivity index (χ4v) is 4.37. The molecule has 3 rings (SSSR count). The number of benzene rings is 3. The van der Waals surface area contributed by atoms with Crippen molar-refractivity contribution in [2.75, 3.05) is 18.5 Å². The predicted molar refractivity (Wildman–Crippen MR) is 109 cm³/mol. The highest BCUT2D eigenvalue weighted by atomic mass is 79.9. The fourth-order valence-electron chi connectivity index (χ4n) is 2.45. The van der Waals surface area contributed by atoms with Crippen molar-refractivity contribution in [2.24, 2.45) is 0 Å². The first kappa shape index (κ1) is 19.3. The Labute approximate surface area is 167 Å². The van der Waals surface area contributed by atoms with Crippen LogP contribution in [0.25, 0.3) is 0 Å². The van der Waals surface area contributed by atoms with E-state index in [-0.39, 0.29) is 4.90 Å². The van der Waals surface area contributed by atoms with Gasteiger partial charge in [0, 0.05) is 7.05 Å². The van der Waals surface area contributed by atoms with Crippen LogP contribution in [0.1, 0.15) is 0 Å². The number of para-hydroxylation sites is 1. The Morgan fingerprint density at radius 3 is 2.11 bits per heavy atom. The lowest BCUT2D eigenvalue weighted by Gasteiger charge is -2.20. The third kappa shape index (κ3) is 4.26. The van der Waals surface area contributed by atoms with Crippen LogP contribution in [-0.4, -0.2) is 22.6 Å². The molecular formula is C20H18BrNO4S. The largest absolute Gasteiger partial charge is 0.496 e. The minimum atomic E-state index is -3.70. The SMILES string of the molecule is COc1ccc(S(=O)(=O)N(C)c2ccc(Oc3ccccc3)cc2)cc1Br. The first-order valence-electron chi connectivity index (χ1n) is 8.07. The summed E-state index contributed by atoms with van der Waals surface area (Å²) >= 11 is 3.32. The van der Waals surface area contributed by atoms with Crippen LogP contribution in [0.4, 0.5) is 5.69 Å². The average Bonchev–Trinajstić information content (AvgIpc) is 2.68. The van der Waals surface area contributed by atoms with Gasteiger partial charge in [-0.25, -0.2) is 8.42 Å². The van der Waals surface area contributed by atoms with E-state index in [1.54, 1.807) is 30.3 Å². The van der Waals surface area contributed by atoms with Gasteiger partial charge in [-0.05, 0) is 70.5 Å². The topological polar surface area (TPSA) is 55.8 Å². The number of nitrogens with zero attached hydrogens (tertiary/aromatic N) is 1. The van der Waals surface area contributed by atoms with E-state index >= 15 is 0 Å². The van der Waals surface area contributed by atoms with Crippen molar-refractivity contribution in [3.05, 3.63) is 77.3 Å². The summed E-state index contributed by atoms with van der Waals surface area (Å²) in [4.78, 5) is 0.169. The lowest BCUT2D eigenvalue weighted by atomic mass is 10.3. The molecule has 5 nitrogen and oxygen atoms in total. The zero-order valence-corrected chi connectivity index (χ0v) is 17.2. The van der Waals surface area contributed by atoms with Gasteiger partial charge in [0.05, 0.1) is 22.2 Å². The van der Waals surface area contributed by atoms with Gasteiger partial charge in [-0.3, -0.25) is 4.31 Å². The zero-order valence-electron chi connectivity index (χ0n) is 14.8. The van der Waals surface area contributed by atoms with E-state index < -0.39 is 10.0 Å². The van der Waals surface area contributed by atoms with Crippen LogP contribution in [0.5, 0.6) is 17.2 Å². The normalized spacial score (nSPS) is 11.1. The summed E-state index contributed by atoms with van der Waals surface area (Å²) in [5.74, 6) is 1.91. The second-order valence-corrected chi connectivity index (χ2v) is 8.50. The fraction of sp³-hybridized carbons (Fsp3) is 0.100. The Bertz CT molecular complexity index is 1020. The minimum Gasteiger partial charge on any atom is -0.496 e. The second-order valence-electron chi connectivity index (χ2n) is 5.68. The number of methoxy groups -OCH3 is 1. The van der Waals surface area contributed by atoms with E-state index in [0.717, 1.165) is 0 Å². The van der Waals surface area contributed by atoms with Gasteiger partial charge in [-0.1, -0.05) is 18.2 Å². The molecule has 0 N–H and O–H groups in total. The summed E-state index contributed by atoms with van der Waals surface area (Å²) in [5.41, 5.74) is 0.530. The maximum atomic E-state index is 12.9. The van der Waals surface area contributed by atoms with Crippen molar-refractivity contribution >= 4 is 31.6 Å². The lowest BCUT2D eigenvalue weighted by Crippen LogP contribution is -2.26. The molecule has 27 heavy (non-hydrogen) atoms. The highest BCUT2D eigenvalue weighted by molar-refractivity contribution is 9.10. The minimum absolute atomic E-state index is 0.169. The van der Waals surface area contributed by atoms with Crippen molar-refractivity contribution in [3.63, 3.8) is 0 Å². The Balaban J connectivity index is 1.82. The summed E-state index contributed by atoms with van der Waals surface area (Å²) < 4.78 is 38.5. The molecule has 0 aliphatic rings. The van der Waals surface area contributed by atoms with Crippen molar-refractivity contribution in [1.29, 1.82) is 0 Å². The molecule has 0 atom stereocenters.